The van der Waals surface area contributed by atoms with Crippen LogP contribution < -0.4 is 5.32 Å². The minimum atomic E-state index is -0.378. The number of hydrogen-bond donors (Lipinski definition) is 1. The van der Waals surface area contributed by atoms with E-state index in [1.54, 1.807) is 25.1 Å². The molecule has 0 saturated heterocycles. The molecule has 0 aliphatic carbocycles. The van der Waals surface area contributed by atoms with Crippen LogP contribution in [0.25, 0.3) is 11.7 Å². The lowest BCUT2D eigenvalue weighted by molar-refractivity contribution is -0.117. The van der Waals surface area contributed by atoms with Crippen molar-refractivity contribution in [3.8, 4) is 11.7 Å². The minimum absolute atomic E-state index is 0.151. The molecule has 0 fully saturated rings. The van der Waals surface area contributed by atoms with Crippen LogP contribution in [0, 0.1) is 6.92 Å². The Morgan fingerprint density at radius 1 is 1.30 bits per heavy atom. The third-order valence-electron chi connectivity index (χ3n) is 4.11. The first kappa shape index (κ1) is 21.7. The topological polar surface area (TPSA) is 111 Å². The van der Waals surface area contributed by atoms with Crippen LogP contribution in [0.5, 0.6) is 0 Å². The van der Waals surface area contributed by atoms with Crippen LogP contribution in [0.4, 0.5) is 5.00 Å². The Labute approximate surface area is 178 Å². The Balaban J connectivity index is 1.60. The van der Waals surface area contributed by atoms with E-state index in [1.165, 1.54) is 17.6 Å². The quantitative estimate of drug-likeness (QED) is 0.483. The van der Waals surface area contributed by atoms with Gasteiger partial charge in [0.1, 0.15) is 4.88 Å². The van der Waals surface area contributed by atoms with E-state index < -0.39 is 0 Å². The summed E-state index contributed by atoms with van der Waals surface area (Å²) in [6.45, 7) is 7.08. The summed E-state index contributed by atoms with van der Waals surface area (Å²) in [5.41, 5.74) is 0.774. The molecule has 1 N–H and O–H groups in total. The number of amides is 1. The molecule has 0 unspecified atom stereocenters. The second kappa shape index (κ2) is 10.2. The van der Waals surface area contributed by atoms with Crippen LogP contribution in [0.2, 0.25) is 0 Å². The number of carbonyl (C=O) groups is 2. The first-order valence-corrected chi connectivity index (χ1v) is 10.5. The zero-order valence-corrected chi connectivity index (χ0v) is 18.0. The van der Waals surface area contributed by atoms with E-state index in [-0.39, 0.29) is 18.4 Å². The molecular formula is C20H24N4O5S. The number of esters is 1. The second-order valence-electron chi connectivity index (χ2n) is 6.58. The fourth-order valence-corrected chi connectivity index (χ4v) is 3.84. The molecule has 0 aliphatic heterocycles. The van der Waals surface area contributed by atoms with Crippen LogP contribution in [0.15, 0.2) is 33.3 Å². The van der Waals surface area contributed by atoms with Crippen molar-refractivity contribution in [3.05, 3.63) is 40.8 Å². The van der Waals surface area contributed by atoms with Crippen LogP contribution in [-0.4, -0.2) is 46.7 Å². The van der Waals surface area contributed by atoms with Crippen molar-refractivity contribution in [3.63, 3.8) is 0 Å². The zero-order chi connectivity index (χ0) is 21.5. The minimum Gasteiger partial charge on any atom is -0.462 e. The molecule has 3 rings (SSSR count). The summed E-state index contributed by atoms with van der Waals surface area (Å²) in [6, 6.07) is 5.25. The first-order valence-electron chi connectivity index (χ1n) is 9.66. The van der Waals surface area contributed by atoms with Gasteiger partial charge in [-0.3, -0.25) is 9.69 Å². The average molecular weight is 433 g/mol. The lowest BCUT2D eigenvalue weighted by Crippen LogP contribution is -2.33. The predicted octanol–water partition coefficient (Wildman–Crippen LogP) is 3.73. The Morgan fingerprint density at radius 3 is 2.83 bits per heavy atom. The standard InChI is InChI=1S/C20H24N4O5S/c1-4-8-24(12-16-22-23-19(29-16)14-7-6-9-28-14)11-15(25)21-17-10-13(3)18(30-17)20(26)27-5-2/h6-7,9-10H,4-5,8,11-12H2,1-3H3,(H,21,25). The van der Waals surface area contributed by atoms with Gasteiger partial charge in [-0.25, -0.2) is 4.79 Å². The summed E-state index contributed by atoms with van der Waals surface area (Å²) in [5.74, 6) is 0.637. The molecule has 0 aliphatic rings. The fraction of sp³-hybridized carbons (Fsp3) is 0.400. The monoisotopic (exact) mass is 432 g/mol. The summed E-state index contributed by atoms with van der Waals surface area (Å²) < 4.78 is 15.9. The van der Waals surface area contributed by atoms with Crippen molar-refractivity contribution in [1.82, 2.24) is 15.1 Å². The number of anilines is 1. The Kier molecular flexibility index (Phi) is 7.36. The number of aryl methyl sites for hydroxylation is 1. The molecule has 0 atom stereocenters. The van der Waals surface area contributed by atoms with Gasteiger partial charge in [0.05, 0.1) is 31.0 Å². The van der Waals surface area contributed by atoms with E-state index in [1.807, 2.05) is 18.7 Å². The maximum Gasteiger partial charge on any atom is 0.348 e. The number of ether oxygens (including phenoxy) is 1. The summed E-state index contributed by atoms with van der Waals surface area (Å²) in [5, 5.41) is 11.5. The lowest BCUT2D eigenvalue weighted by atomic mass is 10.3. The Morgan fingerprint density at radius 2 is 2.13 bits per heavy atom. The highest BCUT2D eigenvalue weighted by atomic mass is 32.1. The predicted molar refractivity (Wildman–Crippen MR) is 111 cm³/mol. The number of hydrogen-bond acceptors (Lipinski definition) is 9. The molecule has 0 spiro atoms. The van der Waals surface area contributed by atoms with Gasteiger partial charge >= 0.3 is 5.97 Å². The van der Waals surface area contributed by atoms with E-state index in [0.29, 0.717) is 47.1 Å². The van der Waals surface area contributed by atoms with Gasteiger partial charge in [-0.15, -0.1) is 21.5 Å². The molecule has 0 radical (unpaired) electrons. The van der Waals surface area contributed by atoms with Gasteiger partial charge in [-0.05, 0) is 50.6 Å². The molecule has 30 heavy (non-hydrogen) atoms. The highest BCUT2D eigenvalue weighted by molar-refractivity contribution is 7.18. The number of thiophene rings is 1. The van der Waals surface area contributed by atoms with Crippen molar-refractivity contribution in [2.24, 2.45) is 0 Å². The third kappa shape index (κ3) is 5.55. The molecule has 0 aromatic carbocycles. The maximum atomic E-state index is 12.6. The van der Waals surface area contributed by atoms with E-state index in [2.05, 4.69) is 15.5 Å². The highest BCUT2D eigenvalue weighted by Crippen LogP contribution is 2.27. The molecule has 10 heteroatoms. The van der Waals surface area contributed by atoms with Crippen molar-refractivity contribution in [2.45, 2.75) is 33.7 Å². The molecule has 3 heterocycles. The summed E-state index contributed by atoms with van der Waals surface area (Å²) >= 11 is 1.21. The molecule has 0 saturated carbocycles. The SMILES string of the molecule is CCCN(CC(=O)Nc1cc(C)c(C(=O)OCC)s1)Cc1nnc(-c2ccco2)o1. The van der Waals surface area contributed by atoms with Gasteiger partial charge in [0.2, 0.25) is 11.8 Å². The first-order chi connectivity index (χ1) is 14.5. The van der Waals surface area contributed by atoms with E-state index in [0.717, 1.165) is 12.0 Å². The average Bonchev–Trinajstić information content (AvgIpc) is 3.43. The number of carbonyl (C=O) groups excluding carboxylic acids is 2. The van der Waals surface area contributed by atoms with Crippen LogP contribution in [0.3, 0.4) is 0 Å². The third-order valence-corrected chi connectivity index (χ3v) is 5.24. The highest BCUT2D eigenvalue weighted by Gasteiger charge is 2.19. The number of nitrogens with one attached hydrogen (secondary N) is 1. The number of aromatic nitrogens is 2. The van der Waals surface area contributed by atoms with Crippen molar-refractivity contribution < 1.29 is 23.2 Å². The molecule has 1 amide bonds. The van der Waals surface area contributed by atoms with E-state index in [9.17, 15) is 9.59 Å². The number of rotatable bonds is 10. The van der Waals surface area contributed by atoms with E-state index >= 15 is 0 Å². The van der Waals surface area contributed by atoms with Crippen LogP contribution >= 0.6 is 11.3 Å². The molecule has 3 aromatic rings. The second-order valence-corrected chi connectivity index (χ2v) is 7.63. The van der Waals surface area contributed by atoms with Gasteiger partial charge < -0.3 is 18.9 Å². The van der Waals surface area contributed by atoms with Gasteiger partial charge in [0, 0.05) is 0 Å². The largest absolute Gasteiger partial charge is 0.462 e. The fourth-order valence-electron chi connectivity index (χ4n) is 2.86. The van der Waals surface area contributed by atoms with Gasteiger partial charge in [0.15, 0.2) is 5.76 Å². The summed E-state index contributed by atoms with van der Waals surface area (Å²) in [4.78, 5) is 26.9. The smallest absolute Gasteiger partial charge is 0.348 e. The molecular weight excluding hydrogens is 408 g/mol. The zero-order valence-electron chi connectivity index (χ0n) is 17.1. The summed E-state index contributed by atoms with van der Waals surface area (Å²) in [6.07, 6.45) is 2.39. The summed E-state index contributed by atoms with van der Waals surface area (Å²) in [7, 11) is 0. The van der Waals surface area contributed by atoms with E-state index in [4.69, 9.17) is 13.6 Å². The molecule has 160 valence electrons. The van der Waals surface area contributed by atoms with Gasteiger partial charge in [-0.2, -0.15) is 0 Å². The van der Waals surface area contributed by atoms with Crippen molar-refractivity contribution in [1.29, 1.82) is 0 Å². The van der Waals surface area contributed by atoms with Gasteiger partial charge in [-0.1, -0.05) is 6.92 Å². The van der Waals surface area contributed by atoms with Crippen LogP contribution in [-0.2, 0) is 16.1 Å². The van der Waals surface area contributed by atoms with Crippen molar-refractivity contribution in [2.75, 3.05) is 25.0 Å². The molecule has 0 bridgehead atoms. The molecule has 9 nitrogen and oxygen atoms in total. The Hall–Kier alpha value is -2.98. The lowest BCUT2D eigenvalue weighted by Gasteiger charge is -2.18. The maximum absolute atomic E-state index is 12.6. The number of nitrogens with zero attached hydrogens (tertiary/aromatic N) is 3. The van der Waals surface area contributed by atoms with Crippen LogP contribution in [0.1, 0.15) is 41.4 Å². The molecule has 3 aromatic heterocycles. The Bertz CT molecular complexity index is 979. The van der Waals surface area contributed by atoms with Gasteiger partial charge in [0.25, 0.3) is 5.89 Å². The normalized spacial score (nSPS) is 11.1. The number of furan rings is 1. The van der Waals surface area contributed by atoms with Crippen molar-refractivity contribution >= 4 is 28.2 Å².